The second-order valence-corrected chi connectivity index (χ2v) is 7.19. The van der Waals surface area contributed by atoms with E-state index >= 15 is 0 Å². The number of halogens is 1. The molecule has 0 aliphatic carbocycles. The van der Waals surface area contributed by atoms with Crippen LogP contribution < -0.4 is 5.73 Å². The van der Waals surface area contributed by atoms with E-state index < -0.39 is 15.8 Å². The molecule has 1 aromatic rings. The molecule has 0 aliphatic heterocycles. The van der Waals surface area contributed by atoms with E-state index in [0.29, 0.717) is 5.75 Å². The highest BCUT2D eigenvalue weighted by atomic mass is 32.2. The first kappa shape index (κ1) is 16.4. The minimum atomic E-state index is -3.61. The van der Waals surface area contributed by atoms with E-state index in [2.05, 4.69) is 0 Å². The fraction of sp³-hybridized carbons (Fsp3) is 0.500. The minimum absolute atomic E-state index is 0.0285. The Bertz CT molecular complexity index is 535. The molecule has 19 heavy (non-hydrogen) atoms. The van der Waals surface area contributed by atoms with E-state index in [1.165, 1.54) is 23.5 Å². The Morgan fingerprint density at radius 2 is 2.11 bits per heavy atom. The standard InChI is InChI=1S/C12H19FN2O2S2/c1-9(8-18-3)15(2)19(16,17)11-4-5-12(13)10(6-11)7-14/h4-6,9H,7-8,14H2,1-3H3. The first-order valence-electron chi connectivity index (χ1n) is 5.80. The van der Waals surface area contributed by atoms with Gasteiger partial charge in [-0.2, -0.15) is 16.1 Å². The smallest absolute Gasteiger partial charge is 0.243 e. The molecule has 0 heterocycles. The first-order chi connectivity index (χ1) is 8.84. The fourth-order valence-corrected chi connectivity index (χ4v) is 3.83. The van der Waals surface area contributed by atoms with Gasteiger partial charge in [-0.3, -0.25) is 0 Å². The van der Waals surface area contributed by atoms with E-state index in [0.717, 1.165) is 6.07 Å². The molecule has 0 spiro atoms. The Kier molecular flexibility index (Phi) is 5.79. The molecule has 2 N–H and O–H groups in total. The summed E-state index contributed by atoms with van der Waals surface area (Å²) >= 11 is 1.57. The van der Waals surface area contributed by atoms with E-state index in [9.17, 15) is 12.8 Å². The zero-order valence-corrected chi connectivity index (χ0v) is 12.9. The summed E-state index contributed by atoms with van der Waals surface area (Å²) in [5.74, 6) is 0.210. The highest BCUT2D eigenvalue weighted by Crippen LogP contribution is 2.20. The molecule has 0 saturated carbocycles. The van der Waals surface area contributed by atoms with Gasteiger partial charge in [0.2, 0.25) is 10.0 Å². The van der Waals surface area contributed by atoms with Crippen LogP contribution in [0.2, 0.25) is 0 Å². The van der Waals surface area contributed by atoms with Crippen LogP contribution in [0.25, 0.3) is 0 Å². The van der Waals surface area contributed by atoms with Crippen LogP contribution in [0.3, 0.4) is 0 Å². The molecule has 0 aromatic heterocycles. The summed E-state index contributed by atoms with van der Waals surface area (Å²) in [6, 6.07) is 3.58. The third kappa shape index (κ3) is 3.68. The van der Waals surface area contributed by atoms with Crippen molar-refractivity contribution in [3.8, 4) is 0 Å². The van der Waals surface area contributed by atoms with Crippen LogP contribution in [0, 0.1) is 5.82 Å². The summed E-state index contributed by atoms with van der Waals surface area (Å²) in [6.45, 7) is 1.81. The van der Waals surface area contributed by atoms with Crippen molar-refractivity contribution in [1.29, 1.82) is 0 Å². The molecule has 108 valence electrons. The molecule has 0 amide bonds. The molecule has 4 nitrogen and oxygen atoms in total. The Hall–Kier alpha value is -0.630. The van der Waals surface area contributed by atoms with E-state index in [-0.39, 0.29) is 23.0 Å². The average molecular weight is 306 g/mol. The van der Waals surface area contributed by atoms with Gasteiger partial charge in [-0.05, 0) is 31.4 Å². The van der Waals surface area contributed by atoms with Gasteiger partial charge < -0.3 is 5.73 Å². The third-order valence-electron chi connectivity index (χ3n) is 2.94. The third-order valence-corrected chi connectivity index (χ3v) is 5.73. The van der Waals surface area contributed by atoms with Crippen molar-refractivity contribution >= 4 is 21.8 Å². The van der Waals surface area contributed by atoms with Crippen molar-refractivity contribution in [1.82, 2.24) is 4.31 Å². The average Bonchev–Trinajstić information content (AvgIpc) is 2.38. The molecule has 0 radical (unpaired) electrons. The predicted octanol–water partition coefficient (Wildman–Crippen LogP) is 1.66. The van der Waals surface area contributed by atoms with Crippen LogP contribution in [0.5, 0.6) is 0 Å². The van der Waals surface area contributed by atoms with Gasteiger partial charge in [0.25, 0.3) is 0 Å². The molecule has 7 heteroatoms. The number of hydrogen-bond acceptors (Lipinski definition) is 4. The summed E-state index contributed by atoms with van der Waals surface area (Å²) < 4.78 is 39.4. The lowest BCUT2D eigenvalue weighted by atomic mass is 10.2. The number of sulfonamides is 1. The zero-order chi connectivity index (χ0) is 14.6. The fourth-order valence-electron chi connectivity index (χ4n) is 1.62. The monoisotopic (exact) mass is 306 g/mol. The lowest BCUT2D eigenvalue weighted by molar-refractivity contribution is 0.415. The maximum atomic E-state index is 13.3. The normalized spacial score (nSPS) is 13.8. The molecule has 0 aliphatic rings. The van der Waals surface area contributed by atoms with Crippen molar-refractivity contribution in [3.63, 3.8) is 0 Å². The van der Waals surface area contributed by atoms with Crippen LogP contribution in [0.4, 0.5) is 4.39 Å². The topological polar surface area (TPSA) is 63.4 Å². The van der Waals surface area contributed by atoms with Crippen molar-refractivity contribution < 1.29 is 12.8 Å². The summed E-state index contributed by atoms with van der Waals surface area (Å²) in [7, 11) is -2.08. The molecular formula is C12H19FN2O2S2. The molecule has 1 aromatic carbocycles. The summed E-state index contributed by atoms with van der Waals surface area (Å²) in [5.41, 5.74) is 5.60. The largest absolute Gasteiger partial charge is 0.326 e. The molecule has 0 bridgehead atoms. The Morgan fingerprint density at radius 3 is 2.63 bits per heavy atom. The molecule has 0 fully saturated rings. The first-order valence-corrected chi connectivity index (χ1v) is 8.63. The van der Waals surface area contributed by atoms with Crippen LogP contribution in [-0.2, 0) is 16.6 Å². The van der Waals surface area contributed by atoms with Crippen molar-refractivity contribution in [2.45, 2.75) is 24.4 Å². The SMILES string of the molecule is CSCC(C)N(C)S(=O)(=O)c1ccc(F)c(CN)c1. The molecule has 1 rings (SSSR count). The van der Waals surface area contributed by atoms with E-state index in [4.69, 9.17) is 5.73 Å². The van der Waals surface area contributed by atoms with Crippen LogP contribution in [-0.4, -0.2) is 37.8 Å². The van der Waals surface area contributed by atoms with Crippen molar-refractivity contribution in [2.75, 3.05) is 19.1 Å². The second kappa shape index (κ2) is 6.69. The number of nitrogens with zero attached hydrogens (tertiary/aromatic N) is 1. The number of hydrogen-bond donors (Lipinski definition) is 1. The number of benzene rings is 1. The second-order valence-electron chi connectivity index (χ2n) is 4.28. The summed E-state index contributed by atoms with van der Waals surface area (Å²) in [5, 5.41) is 0. The van der Waals surface area contributed by atoms with E-state index in [1.807, 2.05) is 13.2 Å². The summed E-state index contributed by atoms with van der Waals surface area (Å²) in [4.78, 5) is 0.0739. The van der Waals surface area contributed by atoms with Gasteiger partial charge in [-0.1, -0.05) is 0 Å². The van der Waals surface area contributed by atoms with Gasteiger partial charge in [0.15, 0.2) is 0 Å². The zero-order valence-electron chi connectivity index (χ0n) is 11.3. The van der Waals surface area contributed by atoms with Gasteiger partial charge >= 0.3 is 0 Å². The van der Waals surface area contributed by atoms with Gasteiger partial charge in [-0.25, -0.2) is 12.8 Å². The Labute approximate surface area is 118 Å². The molecule has 0 saturated heterocycles. The highest BCUT2D eigenvalue weighted by molar-refractivity contribution is 7.98. The van der Waals surface area contributed by atoms with Crippen LogP contribution in [0.1, 0.15) is 12.5 Å². The number of nitrogens with two attached hydrogens (primary N) is 1. The van der Waals surface area contributed by atoms with Crippen molar-refractivity contribution in [2.24, 2.45) is 5.73 Å². The highest BCUT2D eigenvalue weighted by Gasteiger charge is 2.25. The maximum absolute atomic E-state index is 13.3. The minimum Gasteiger partial charge on any atom is -0.326 e. The molecule has 1 atom stereocenters. The maximum Gasteiger partial charge on any atom is 0.243 e. The predicted molar refractivity (Wildman–Crippen MR) is 77.1 cm³/mol. The van der Waals surface area contributed by atoms with Gasteiger partial charge in [0, 0.05) is 31.0 Å². The van der Waals surface area contributed by atoms with Crippen molar-refractivity contribution in [3.05, 3.63) is 29.6 Å². The van der Waals surface area contributed by atoms with Gasteiger partial charge in [0.05, 0.1) is 4.90 Å². The molecule has 1 unspecified atom stereocenters. The van der Waals surface area contributed by atoms with E-state index in [1.54, 1.807) is 11.8 Å². The quantitative estimate of drug-likeness (QED) is 0.868. The van der Waals surface area contributed by atoms with Gasteiger partial charge in [0.1, 0.15) is 5.82 Å². The van der Waals surface area contributed by atoms with Crippen LogP contribution >= 0.6 is 11.8 Å². The lowest BCUT2D eigenvalue weighted by Crippen LogP contribution is -2.36. The van der Waals surface area contributed by atoms with Crippen LogP contribution in [0.15, 0.2) is 23.1 Å². The number of rotatable bonds is 6. The Morgan fingerprint density at radius 1 is 1.47 bits per heavy atom. The molecular weight excluding hydrogens is 287 g/mol. The number of thioether (sulfide) groups is 1. The van der Waals surface area contributed by atoms with Gasteiger partial charge in [-0.15, -0.1) is 0 Å². The Balaban J connectivity index is 3.13. The lowest BCUT2D eigenvalue weighted by Gasteiger charge is -2.24. The summed E-state index contributed by atoms with van der Waals surface area (Å²) in [6.07, 6.45) is 1.92.